The highest BCUT2D eigenvalue weighted by atomic mass is 79.9. The molecule has 0 aromatic heterocycles. The molecule has 20 heavy (non-hydrogen) atoms. The van der Waals surface area contributed by atoms with E-state index in [0.29, 0.717) is 41.4 Å². The minimum absolute atomic E-state index is 0.122. The molecule has 0 radical (unpaired) electrons. The number of nitrogens with two attached hydrogens (primary N) is 1. The minimum atomic E-state index is -3.59. The maximum Gasteiger partial charge on any atom is 0.241 e. The van der Waals surface area contributed by atoms with Gasteiger partial charge < -0.3 is 10.8 Å². The molecule has 0 atom stereocenters. The van der Waals surface area contributed by atoms with Crippen molar-refractivity contribution < 1.29 is 13.5 Å². The summed E-state index contributed by atoms with van der Waals surface area (Å²) in [6.45, 7) is 1.70. The van der Waals surface area contributed by atoms with Crippen LogP contribution in [0.25, 0.3) is 0 Å². The Kier molecular flexibility index (Phi) is 4.73. The molecule has 0 amide bonds. The second-order valence-corrected chi connectivity index (χ2v) is 7.84. The zero-order valence-corrected chi connectivity index (χ0v) is 13.7. The lowest BCUT2D eigenvalue weighted by Gasteiger charge is -2.26. The molecule has 0 saturated heterocycles. The van der Waals surface area contributed by atoms with Gasteiger partial charge in [-0.05, 0) is 50.3 Å². The summed E-state index contributed by atoms with van der Waals surface area (Å²) in [4.78, 5) is 0.204. The molecular formula is C13H19BrN2O3S. The van der Waals surface area contributed by atoms with Crippen molar-refractivity contribution in [1.29, 1.82) is 0 Å². The number of aliphatic hydroxyl groups excluding tert-OH is 1. The van der Waals surface area contributed by atoms with Crippen LogP contribution in [-0.2, 0) is 10.0 Å². The molecule has 4 N–H and O–H groups in total. The Morgan fingerprint density at radius 1 is 1.30 bits per heavy atom. The maximum atomic E-state index is 12.5. The van der Waals surface area contributed by atoms with Crippen LogP contribution < -0.4 is 10.5 Å². The fourth-order valence-electron chi connectivity index (χ4n) is 2.43. The average Bonchev–Trinajstić information content (AvgIpc) is 2.36. The lowest BCUT2D eigenvalue weighted by atomic mass is 9.94. The third kappa shape index (κ3) is 3.52. The van der Waals surface area contributed by atoms with Gasteiger partial charge in [0.05, 0.1) is 11.0 Å². The van der Waals surface area contributed by atoms with Crippen molar-refractivity contribution >= 4 is 31.6 Å². The van der Waals surface area contributed by atoms with E-state index in [9.17, 15) is 13.5 Å². The fourth-order valence-corrected chi connectivity index (χ4v) is 4.66. The molecule has 7 heteroatoms. The molecule has 1 aromatic carbocycles. The van der Waals surface area contributed by atoms with E-state index in [1.54, 1.807) is 19.1 Å². The molecule has 1 aliphatic carbocycles. The zero-order valence-electron chi connectivity index (χ0n) is 11.3. The van der Waals surface area contributed by atoms with E-state index in [1.807, 2.05) is 0 Å². The fraction of sp³-hybridized carbons (Fsp3) is 0.538. The molecule has 0 bridgehead atoms. The number of nitrogen functional groups attached to an aromatic ring is 1. The largest absolute Gasteiger partial charge is 0.398 e. The van der Waals surface area contributed by atoms with Crippen LogP contribution in [-0.4, -0.2) is 25.7 Å². The number of aliphatic hydroxyl groups is 1. The van der Waals surface area contributed by atoms with Crippen molar-refractivity contribution in [2.24, 2.45) is 0 Å². The van der Waals surface area contributed by atoms with Gasteiger partial charge in [-0.2, -0.15) is 0 Å². The summed E-state index contributed by atoms with van der Waals surface area (Å²) in [5.41, 5.74) is 6.81. The molecule has 5 nitrogen and oxygen atoms in total. The predicted octanol–water partition coefficient (Wildman–Crippen LogP) is 1.92. The highest BCUT2D eigenvalue weighted by Gasteiger charge is 2.26. The van der Waals surface area contributed by atoms with Crippen molar-refractivity contribution in [3.63, 3.8) is 0 Å². The van der Waals surface area contributed by atoms with Gasteiger partial charge in [-0.25, -0.2) is 13.1 Å². The smallest absolute Gasteiger partial charge is 0.241 e. The van der Waals surface area contributed by atoms with Crippen molar-refractivity contribution in [2.75, 3.05) is 5.73 Å². The van der Waals surface area contributed by atoms with Crippen LogP contribution >= 0.6 is 15.9 Å². The number of anilines is 1. The van der Waals surface area contributed by atoms with Crippen LogP contribution in [0.3, 0.4) is 0 Å². The highest BCUT2D eigenvalue weighted by molar-refractivity contribution is 9.10. The van der Waals surface area contributed by atoms with Crippen LogP contribution in [0.4, 0.5) is 5.69 Å². The summed E-state index contributed by atoms with van der Waals surface area (Å²) >= 11 is 3.27. The third-order valence-corrected chi connectivity index (χ3v) is 5.78. The molecule has 0 heterocycles. The van der Waals surface area contributed by atoms with Gasteiger partial charge in [0.2, 0.25) is 10.0 Å². The summed E-state index contributed by atoms with van der Waals surface area (Å²) < 4.78 is 28.3. The Morgan fingerprint density at radius 3 is 2.50 bits per heavy atom. The average molecular weight is 363 g/mol. The van der Waals surface area contributed by atoms with E-state index in [-0.39, 0.29) is 17.0 Å². The minimum Gasteiger partial charge on any atom is -0.398 e. The first-order valence-electron chi connectivity index (χ1n) is 6.55. The molecule has 1 aliphatic rings. The van der Waals surface area contributed by atoms with Crippen LogP contribution in [0, 0.1) is 6.92 Å². The monoisotopic (exact) mass is 362 g/mol. The first kappa shape index (κ1) is 15.8. The first-order valence-corrected chi connectivity index (χ1v) is 8.83. The summed E-state index contributed by atoms with van der Waals surface area (Å²) in [6.07, 6.45) is 2.27. The van der Waals surface area contributed by atoms with Gasteiger partial charge >= 0.3 is 0 Å². The molecule has 112 valence electrons. The number of hydrogen-bond donors (Lipinski definition) is 3. The molecule has 1 fully saturated rings. The zero-order chi connectivity index (χ0) is 14.9. The van der Waals surface area contributed by atoms with Gasteiger partial charge in [0, 0.05) is 16.2 Å². The summed E-state index contributed by atoms with van der Waals surface area (Å²) in [5, 5.41) is 9.46. The Bertz CT molecular complexity index is 596. The van der Waals surface area contributed by atoms with Gasteiger partial charge in [-0.15, -0.1) is 0 Å². The molecule has 1 saturated carbocycles. The number of benzene rings is 1. The number of sulfonamides is 1. The van der Waals surface area contributed by atoms with Gasteiger partial charge in [-0.1, -0.05) is 15.9 Å². The van der Waals surface area contributed by atoms with Crippen molar-refractivity contribution in [2.45, 2.75) is 49.6 Å². The normalized spacial score (nSPS) is 23.8. The summed E-state index contributed by atoms with van der Waals surface area (Å²) in [5.74, 6) is 0. The molecule has 0 unspecified atom stereocenters. The van der Waals surface area contributed by atoms with Gasteiger partial charge in [0.15, 0.2) is 0 Å². The van der Waals surface area contributed by atoms with Gasteiger partial charge in [0.25, 0.3) is 0 Å². The maximum absolute atomic E-state index is 12.5. The van der Waals surface area contributed by atoms with Crippen LogP contribution in [0.15, 0.2) is 21.5 Å². The van der Waals surface area contributed by atoms with E-state index in [2.05, 4.69) is 20.7 Å². The molecular weight excluding hydrogens is 344 g/mol. The molecule has 1 aromatic rings. The standard InChI is InChI=1S/C13H19BrN2O3S/c1-8-12(15)6-9(14)7-13(8)20(18,19)16-10-2-4-11(17)5-3-10/h6-7,10-11,16-17H,2-5,15H2,1H3. The highest BCUT2D eigenvalue weighted by Crippen LogP contribution is 2.27. The SMILES string of the molecule is Cc1c(N)cc(Br)cc1S(=O)(=O)NC1CCC(O)CC1. The van der Waals surface area contributed by atoms with Crippen molar-refractivity contribution in [3.05, 3.63) is 22.2 Å². The van der Waals surface area contributed by atoms with Crippen LogP contribution in [0.1, 0.15) is 31.2 Å². The van der Waals surface area contributed by atoms with E-state index in [0.717, 1.165) is 0 Å². The quantitative estimate of drug-likeness (QED) is 0.716. The third-order valence-electron chi connectivity index (χ3n) is 3.67. The predicted molar refractivity (Wildman–Crippen MR) is 81.9 cm³/mol. The summed E-state index contributed by atoms with van der Waals surface area (Å²) in [7, 11) is -3.59. The topological polar surface area (TPSA) is 92.4 Å². The van der Waals surface area contributed by atoms with E-state index >= 15 is 0 Å². The van der Waals surface area contributed by atoms with Crippen molar-refractivity contribution in [1.82, 2.24) is 4.72 Å². The lowest BCUT2D eigenvalue weighted by Crippen LogP contribution is -2.38. The number of rotatable bonds is 3. The number of halogens is 1. The summed E-state index contributed by atoms with van der Waals surface area (Å²) in [6, 6.07) is 3.12. The van der Waals surface area contributed by atoms with Crippen LogP contribution in [0.5, 0.6) is 0 Å². The van der Waals surface area contributed by atoms with E-state index < -0.39 is 10.0 Å². The second-order valence-electron chi connectivity index (χ2n) is 5.24. The Morgan fingerprint density at radius 2 is 1.90 bits per heavy atom. The second kappa shape index (κ2) is 6.01. The number of nitrogens with one attached hydrogen (secondary N) is 1. The van der Waals surface area contributed by atoms with Gasteiger partial charge in [0.1, 0.15) is 0 Å². The van der Waals surface area contributed by atoms with E-state index in [1.165, 1.54) is 0 Å². The Hall–Kier alpha value is -0.630. The lowest BCUT2D eigenvalue weighted by molar-refractivity contribution is 0.120. The number of hydrogen-bond acceptors (Lipinski definition) is 4. The molecule has 0 spiro atoms. The van der Waals surface area contributed by atoms with E-state index in [4.69, 9.17) is 5.73 Å². The van der Waals surface area contributed by atoms with Crippen molar-refractivity contribution in [3.8, 4) is 0 Å². The Labute approximate surface area is 127 Å². The van der Waals surface area contributed by atoms with Crippen LogP contribution in [0.2, 0.25) is 0 Å². The first-order chi connectivity index (χ1) is 9.29. The molecule has 2 rings (SSSR count). The molecule has 0 aliphatic heterocycles. The van der Waals surface area contributed by atoms with Gasteiger partial charge in [-0.3, -0.25) is 0 Å². The Balaban J connectivity index is 2.23.